The predicted octanol–water partition coefficient (Wildman–Crippen LogP) is 1.90. The van der Waals surface area contributed by atoms with Crippen molar-refractivity contribution in [3.05, 3.63) is 53.7 Å². The van der Waals surface area contributed by atoms with Crippen molar-refractivity contribution in [2.45, 2.75) is 0 Å². The number of amides is 1. The maximum absolute atomic E-state index is 13.8. The molecule has 1 amide bonds. The molecule has 98 valence electrons. The number of rotatable bonds is 3. The number of carbonyl (C=O) groups is 1. The highest BCUT2D eigenvalue weighted by Crippen LogP contribution is 2.16. The molecule has 0 unspecified atom stereocenters. The fourth-order valence-corrected chi connectivity index (χ4v) is 1.45. The molecule has 0 fully saturated rings. The quantitative estimate of drug-likeness (QED) is 0.584. The fourth-order valence-electron chi connectivity index (χ4n) is 1.45. The Morgan fingerprint density at radius 2 is 1.84 bits per heavy atom. The summed E-state index contributed by atoms with van der Waals surface area (Å²) in [5.41, 5.74) is 2.18. The number of nitrogens with one attached hydrogen (secondary N) is 2. The second-order valence-electron chi connectivity index (χ2n) is 3.63. The molecule has 2 rings (SSSR count). The first kappa shape index (κ1) is 12.9. The lowest BCUT2D eigenvalue weighted by Crippen LogP contribution is -2.17. The van der Waals surface area contributed by atoms with E-state index >= 15 is 0 Å². The minimum absolute atomic E-state index is 0.215. The monoisotopic (exact) mass is 264 g/mol. The van der Waals surface area contributed by atoms with Gasteiger partial charge in [-0.1, -0.05) is 0 Å². The van der Waals surface area contributed by atoms with Crippen molar-refractivity contribution in [3.8, 4) is 0 Å². The number of aromatic nitrogens is 1. The molecule has 0 aliphatic rings. The van der Waals surface area contributed by atoms with Gasteiger partial charge >= 0.3 is 0 Å². The molecule has 0 aliphatic carbocycles. The first-order valence-corrected chi connectivity index (χ1v) is 5.30. The van der Waals surface area contributed by atoms with Crippen molar-refractivity contribution < 1.29 is 13.6 Å². The van der Waals surface area contributed by atoms with E-state index < -0.39 is 17.5 Å². The van der Waals surface area contributed by atoms with Gasteiger partial charge in [-0.15, -0.1) is 0 Å². The lowest BCUT2D eigenvalue weighted by molar-refractivity contribution is 0.102. The number of halogens is 2. The number of carbonyl (C=O) groups excluding carboxylic acids is 1. The molecule has 0 radical (unpaired) electrons. The lowest BCUT2D eigenvalue weighted by Gasteiger charge is -2.08. The summed E-state index contributed by atoms with van der Waals surface area (Å²) in [7, 11) is 0. The van der Waals surface area contributed by atoms with E-state index in [2.05, 4.69) is 10.3 Å². The van der Waals surface area contributed by atoms with E-state index in [0.29, 0.717) is 5.69 Å². The molecule has 0 saturated carbocycles. The minimum atomic E-state index is -0.857. The standard InChI is InChI=1S/C12H10F2N4O/c13-7-1-3-8(4-2-7)17-12(19)9-5-6-16-11(18-15)10(9)14/h1-6H,15H2,(H,16,18)(H,17,19). The summed E-state index contributed by atoms with van der Waals surface area (Å²) < 4.78 is 26.5. The third kappa shape index (κ3) is 2.83. The number of anilines is 2. The van der Waals surface area contributed by atoms with Gasteiger partial charge in [-0.3, -0.25) is 4.79 Å². The molecule has 2 aromatic rings. The van der Waals surface area contributed by atoms with Crippen molar-refractivity contribution in [1.29, 1.82) is 0 Å². The summed E-state index contributed by atoms with van der Waals surface area (Å²) in [5, 5.41) is 2.44. The van der Waals surface area contributed by atoms with Crippen LogP contribution in [-0.4, -0.2) is 10.9 Å². The first-order chi connectivity index (χ1) is 9.11. The van der Waals surface area contributed by atoms with Crippen LogP contribution in [0.25, 0.3) is 0 Å². The molecular formula is C12H10F2N4O. The Balaban J connectivity index is 2.23. The molecule has 1 heterocycles. The van der Waals surface area contributed by atoms with Crippen LogP contribution in [0.2, 0.25) is 0 Å². The van der Waals surface area contributed by atoms with E-state index in [1.165, 1.54) is 36.5 Å². The summed E-state index contributed by atoms with van der Waals surface area (Å²) in [5.74, 6) is 2.87. The molecule has 0 saturated heterocycles. The van der Waals surface area contributed by atoms with Crippen molar-refractivity contribution >= 4 is 17.4 Å². The Morgan fingerprint density at radius 1 is 1.16 bits per heavy atom. The Labute approximate surface area is 107 Å². The molecular weight excluding hydrogens is 254 g/mol. The van der Waals surface area contributed by atoms with Crippen LogP contribution in [0.1, 0.15) is 10.4 Å². The molecule has 5 nitrogen and oxygen atoms in total. The number of nitrogens with two attached hydrogens (primary N) is 1. The van der Waals surface area contributed by atoms with Gasteiger partial charge in [-0.2, -0.15) is 0 Å². The smallest absolute Gasteiger partial charge is 0.258 e. The van der Waals surface area contributed by atoms with Gasteiger partial charge in [0.15, 0.2) is 11.6 Å². The van der Waals surface area contributed by atoms with E-state index in [-0.39, 0.29) is 11.4 Å². The summed E-state index contributed by atoms with van der Waals surface area (Å²) in [4.78, 5) is 15.5. The minimum Gasteiger partial charge on any atom is -0.322 e. The van der Waals surface area contributed by atoms with Gasteiger partial charge in [-0.25, -0.2) is 19.6 Å². The van der Waals surface area contributed by atoms with Crippen LogP contribution >= 0.6 is 0 Å². The lowest BCUT2D eigenvalue weighted by atomic mass is 10.2. The van der Waals surface area contributed by atoms with Crippen molar-refractivity contribution in [2.24, 2.45) is 5.84 Å². The Kier molecular flexibility index (Phi) is 3.67. The molecule has 1 aromatic carbocycles. The van der Waals surface area contributed by atoms with Crippen LogP contribution in [0.4, 0.5) is 20.3 Å². The largest absolute Gasteiger partial charge is 0.322 e. The first-order valence-electron chi connectivity index (χ1n) is 5.30. The van der Waals surface area contributed by atoms with Crippen LogP contribution in [-0.2, 0) is 0 Å². The summed E-state index contributed by atoms with van der Waals surface area (Å²) >= 11 is 0. The Hall–Kier alpha value is -2.54. The molecule has 1 aromatic heterocycles. The molecule has 0 aliphatic heterocycles. The highest BCUT2D eigenvalue weighted by Gasteiger charge is 2.15. The van der Waals surface area contributed by atoms with Crippen molar-refractivity contribution in [2.75, 3.05) is 10.7 Å². The highest BCUT2D eigenvalue weighted by molar-refractivity contribution is 6.04. The molecule has 0 atom stereocenters. The number of hydrazine groups is 1. The Bertz CT molecular complexity index is 601. The van der Waals surface area contributed by atoms with E-state index in [9.17, 15) is 13.6 Å². The van der Waals surface area contributed by atoms with Crippen molar-refractivity contribution in [1.82, 2.24) is 4.98 Å². The molecule has 4 N–H and O–H groups in total. The number of hydrogen-bond acceptors (Lipinski definition) is 4. The van der Waals surface area contributed by atoms with Gasteiger partial charge in [0.2, 0.25) is 0 Å². The Morgan fingerprint density at radius 3 is 2.47 bits per heavy atom. The second kappa shape index (κ2) is 5.40. The van der Waals surface area contributed by atoms with Crippen LogP contribution in [0.15, 0.2) is 36.5 Å². The van der Waals surface area contributed by atoms with E-state index in [1.54, 1.807) is 0 Å². The molecule has 0 spiro atoms. The van der Waals surface area contributed by atoms with Gasteiger partial charge in [0, 0.05) is 11.9 Å². The van der Waals surface area contributed by atoms with Gasteiger partial charge in [0.25, 0.3) is 5.91 Å². The average Bonchev–Trinajstić information content (AvgIpc) is 2.41. The molecule has 7 heteroatoms. The molecule has 0 bridgehead atoms. The zero-order valence-corrected chi connectivity index (χ0v) is 9.65. The average molecular weight is 264 g/mol. The van der Waals surface area contributed by atoms with E-state index in [1.807, 2.05) is 5.43 Å². The summed E-state index contributed by atoms with van der Waals surface area (Å²) in [6.07, 6.45) is 1.25. The zero-order chi connectivity index (χ0) is 13.8. The molecule has 19 heavy (non-hydrogen) atoms. The van der Waals surface area contributed by atoms with E-state index in [0.717, 1.165) is 0 Å². The van der Waals surface area contributed by atoms with E-state index in [4.69, 9.17) is 5.84 Å². The van der Waals surface area contributed by atoms with Crippen LogP contribution < -0.4 is 16.6 Å². The van der Waals surface area contributed by atoms with Crippen LogP contribution in [0, 0.1) is 11.6 Å². The van der Waals surface area contributed by atoms with Gasteiger partial charge < -0.3 is 10.7 Å². The second-order valence-corrected chi connectivity index (χ2v) is 3.63. The number of benzene rings is 1. The number of nitrogens with zero attached hydrogens (tertiary/aromatic N) is 1. The van der Waals surface area contributed by atoms with Crippen LogP contribution in [0.5, 0.6) is 0 Å². The third-order valence-corrected chi connectivity index (χ3v) is 2.37. The van der Waals surface area contributed by atoms with Crippen molar-refractivity contribution in [3.63, 3.8) is 0 Å². The third-order valence-electron chi connectivity index (χ3n) is 2.37. The van der Waals surface area contributed by atoms with Gasteiger partial charge in [0.1, 0.15) is 5.82 Å². The summed E-state index contributed by atoms with van der Waals surface area (Å²) in [6.45, 7) is 0. The topological polar surface area (TPSA) is 80.0 Å². The summed E-state index contributed by atoms with van der Waals surface area (Å²) in [6, 6.07) is 6.33. The van der Waals surface area contributed by atoms with Crippen LogP contribution in [0.3, 0.4) is 0 Å². The number of pyridine rings is 1. The number of hydrogen-bond donors (Lipinski definition) is 3. The fraction of sp³-hybridized carbons (Fsp3) is 0. The normalized spacial score (nSPS) is 10.1. The van der Waals surface area contributed by atoms with Gasteiger partial charge in [-0.05, 0) is 30.3 Å². The maximum atomic E-state index is 13.8. The van der Waals surface area contributed by atoms with Gasteiger partial charge in [0.05, 0.1) is 5.56 Å². The maximum Gasteiger partial charge on any atom is 0.258 e. The predicted molar refractivity (Wildman–Crippen MR) is 66.4 cm³/mol. The zero-order valence-electron chi connectivity index (χ0n) is 9.65. The number of nitrogen functional groups attached to an aromatic ring is 1. The SMILES string of the molecule is NNc1nccc(C(=O)Nc2ccc(F)cc2)c1F. The highest BCUT2D eigenvalue weighted by atomic mass is 19.1.